The summed E-state index contributed by atoms with van der Waals surface area (Å²) in [6, 6.07) is 51.8. The fraction of sp³-hybridized carbons (Fsp3) is 0.0526. The molecule has 7 aromatic rings. The number of anilines is 3. The lowest BCUT2D eigenvalue weighted by Crippen LogP contribution is -2.22. The summed E-state index contributed by atoms with van der Waals surface area (Å²) in [6.07, 6.45) is 0. The van der Waals surface area contributed by atoms with Gasteiger partial charge in [-0.05, 0) is 71.6 Å². The van der Waals surface area contributed by atoms with Gasteiger partial charge >= 0.3 is 0 Å². The van der Waals surface area contributed by atoms with Gasteiger partial charge in [-0.15, -0.1) is 0 Å². The maximum atomic E-state index is 6.72. The summed E-state index contributed by atoms with van der Waals surface area (Å²) in [5.74, 6) is 0. The van der Waals surface area contributed by atoms with Crippen molar-refractivity contribution in [1.29, 1.82) is 0 Å². The van der Waals surface area contributed by atoms with E-state index < -0.39 is 0 Å². The van der Waals surface area contributed by atoms with Crippen LogP contribution in [0.2, 0.25) is 0 Å². The first-order valence-electron chi connectivity index (χ1n) is 13.8. The molecule has 0 spiro atoms. The lowest BCUT2D eigenvalue weighted by molar-refractivity contribution is 0.638. The number of hydrogen-bond donors (Lipinski definition) is 0. The Hall–Kier alpha value is -5.08. The Kier molecular flexibility index (Phi) is 4.99. The maximum absolute atomic E-state index is 6.72. The van der Waals surface area contributed by atoms with E-state index in [1.165, 1.54) is 27.8 Å². The molecule has 40 heavy (non-hydrogen) atoms. The summed E-state index contributed by atoms with van der Waals surface area (Å²) in [5, 5.41) is 2.26. The van der Waals surface area contributed by atoms with Crippen molar-refractivity contribution < 1.29 is 4.42 Å². The summed E-state index contributed by atoms with van der Waals surface area (Å²) in [4.78, 5) is 2.30. The quantitative estimate of drug-likeness (QED) is 0.233. The number of hydrogen-bond acceptors (Lipinski definition) is 2. The van der Waals surface area contributed by atoms with Crippen LogP contribution in [0.15, 0.2) is 150 Å². The van der Waals surface area contributed by atoms with Gasteiger partial charge in [0, 0.05) is 38.8 Å². The minimum atomic E-state index is -0.316. The standard InChI is InChI=1S/C38H27NO/c1-38(33-20-10-8-17-29(33)30-18-9-11-21-34(30)38)35-22-12-19-31-32-25-28(23-24-36(32)40-37(31)35)39(26-13-4-2-5-14-26)27-15-6-3-7-16-27/h2-25H,1H3. The third-order valence-electron chi connectivity index (χ3n) is 8.53. The predicted octanol–water partition coefficient (Wildman–Crippen LogP) is 10.4. The number of fused-ring (bicyclic) bond motifs is 6. The van der Waals surface area contributed by atoms with Crippen molar-refractivity contribution in [3.05, 3.63) is 162 Å². The topological polar surface area (TPSA) is 16.4 Å². The van der Waals surface area contributed by atoms with Crippen molar-refractivity contribution >= 4 is 39.0 Å². The molecule has 0 bridgehead atoms. The zero-order valence-corrected chi connectivity index (χ0v) is 22.2. The SMILES string of the molecule is CC1(c2cccc3c2oc2ccc(N(c4ccccc4)c4ccccc4)cc23)c2ccccc2-c2ccccc21. The molecule has 190 valence electrons. The van der Waals surface area contributed by atoms with Crippen LogP contribution in [-0.2, 0) is 5.41 Å². The average Bonchev–Trinajstić information content (AvgIpc) is 3.52. The molecule has 0 unspecified atom stereocenters. The number of benzene rings is 6. The Labute approximate surface area is 233 Å². The van der Waals surface area contributed by atoms with E-state index in [4.69, 9.17) is 4.42 Å². The number of nitrogens with zero attached hydrogens (tertiary/aromatic N) is 1. The Morgan fingerprint density at radius 3 is 1.65 bits per heavy atom. The molecule has 0 amide bonds. The van der Waals surface area contributed by atoms with Gasteiger partial charge in [0.25, 0.3) is 0 Å². The van der Waals surface area contributed by atoms with Crippen LogP contribution < -0.4 is 4.90 Å². The van der Waals surface area contributed by atoms with E-state index in [-0.39, 0.29) is 5.41 Å². The van der Waals surface area contributed by atoms with E-state index in [2.05, 4.69) is 157 Å². The minimum absolute atomic E-state index is 0.316. The molecule has 1 aliphatic rings. The van der Waals surface area contributed by atoms with Gasteiger partial charge in [-0.3, -0.25) is 0 Å². The minimum Gasteiger partial charge on any atom is -0.456 e. The van der Waals surface area contributed by atoms with Crippen molar-refractivity contribution in [2.75, 3.05) is 4.90 Å². The van der Waals surface area contributed by atoms with E-state index in [1.54, 1.807) is 0 Å². The highest BCUT2D eigenvalue weighted by Gasteiger charge is 2.42. The van der Waals surface area contributed by atoms with E-state index in [9.17, 15) is 0 Å². The van der Waals surface area contributed by atoms with Crippen LogP contribution in [0.3, 0.4) is 0 Å². The zero-order valence-electron chi connectivity index (χ0n) is 22.2. The average molecular weight is 514 g/mol. The maximum Gasteiger partial charge on any atom is 0.139 e. The van der Waals surface area contributed by atoms with Crippen molar-refractivity contribution in [2.24, 2.45) is 0 Å². The summed E-state index contributed by atoms with van der Waals surface area (Å²) in [6.45, 7) is 2.34. The van der Waals surface area contributed by atoms with Gasteiger partial charge in [-0.1, -0.05) is 103 Å². The fourth-order valence-electron chi connectivity index (χ4n) is 6.66. The van der Waals surface area contributed by atoms with E-state index in [0.29, 0.717) is 0 Å². The van der Waals surface area contributed by atoms with Gasteiger partial charge in [0.2, 0.25) is 0 Å². The molecule has 1 aliphatic carbocycles. The second-order valence-corrected chi connectivity index (χ2v) is 10.7. The second-order valence-electron chi connectivity index (χ2n) is 10.7. The Morgan fingerprint density at radius 1 is 0.475 bits per heavy atom. The van der Waals surface area contributed by atoms with Crippen LogP contribution in [0, 0.1) is 0 Å². The first kappa shape index (κ1) is 22.9. The summed E-state index contributed by atoms with van der Waals surface area (Å²) in [5.41, 5.74) is 11.3. The smallest absolute Gasteiger partial charge is 0.139 e. The Bertz CT molecular complexity index is 1940. The van der Waals surface area contributed by atoms with Crippen molar-refractivity contribution in [2.45, 2.75) is 12.3 Å². The molecule has 0 saturated heterocycles. The molecule has 8 rings (SSSR count). The van der Waals surface area contributed by atoms with Crippen LogP contribution in [0.5, 0.6) is 0 Å². The molecule has 6 aromatic carbocycles. The van der Waals surface area contributed by atoms with Crippen molar-refractivity contribution in [1.82, 2.24) is 0 Å². The lowest BCUT2D eigenvalue weighted by Gasteiger charge is -2.28. The Morgan fingerprint density at radius 2 is 1.02 bits per heavy atom. The van der Waals surface area contributed by atoms with Crippen molar-refractivity contribution in [3.8, 4) is 11.1 Å². The van der Waals surface area contributed by atoms with Gasteiger partial charge < -0.3 is 9.32 Å². The highest BCUT2D eigenvalue weighted by Crippen LogP contribution is 2.54. The molecule has 2 heteroatoms. The molecule has 0 aliphatic heterocycles. The van der Waals surface area contributed by atoms with Gasteiger partial charge in [-0.25, -0.2) is 0 Å². The Balaban J connectivity index is 1.36. The number of rotatable bonds is 4. The third kappa shape index (κ3) is 3.23. The normalized spacial score (nSPS) is 13.3. The predicted molar refractivity (Wildman–Crippen MR) is 166 cm³/mol. The second kappa shape index (κ2) is 8.72. The number of furan rings is 1. The molecule has 0 N–H and O–H groups in total. The van der Waals surface area contributed by atoms with Crippen LogP contribution in [0.1, 0.15) is 23.6 Å². The molecule has 2 nitrogen and oxygen atoms in total. The van der Waals surface area contributed by atoms with Crippen LogP contribution in [0.4, 0.5) is 17.1 Å². The molecule has 1 aromatic heterocycles. The summed E-state index contributed by atoms with van der Waals surface area (Å²) >= 11 is 0. The first-order valence-corrected chi connectivity index (χ1v) is 13.8. The van der Waals surface area contributed by atoms with Crippen LogP contribution in [0.25, 0.3) is 33.1 Å². The lowest BCUT2D eigenvalue weighted by atomic mass is 9.74. The van der Waals surface area contributed by atoms with Crippen molar-refractivity contribution in [3.63, 3.8) is 0 Å². The number of para-hydroxylation sites is 3. The van der Waals surface area contributed by atoms with Gasteiger partial charge in [0.15, 0.2) is 0 Å². The third-order valence-corrected chi connectivity index (χ3v) is 8.53. The van der Waals surface area contributed by atoms with E-state index >= 15 is 0 Å². The molecule has 0 atom stereocenters. The van der Waals surface area contributed by atoms with E-state index in [0.717, 1.165) is 39.0 Å². The zero-order chi connectivity index (χ0) is 26.7. The molecule has 0 saturated carbocycles. The molecular formula is C38H27NO. The van der Waals surface area contributed by atoms with Gasteiger partial charge in [-0.2, -0.15) is 0 Å². The van der Waals surface area contributed by atoms with E-state index in [1.807, 2.05) is 0 Å². The monoisotopic (exact) mass is 513 g/mol. The summed E-state index contributed by atoms with van der Waals surface area (Å²) in [7, 11) is 0. The van der Waals surface area contributed by atoms with Crippen LogP contribution in [-0.4, -0.2) is 0 Å². The molecule has 0 radical (unpaired) electrons. The molecule has 1 heterocycles. The van der Waals surface area contributed by atoms with Crippen LogP contribution >= 0.6 is 0 Å². The first-order chi connectivity index (χ1) is 19.7. The largest absolute Gasteiger partial charge is 0.456 e. The molecular weight excluding hydrogens is 486 g/mol. The highest BCUT2D eigenvalue weighted by atomic mass is 16.3. The summed E-state index contributed by atoms with van der Waals surface area (Å²) < 4.78 is 6.72. The molecule has 0 fully saturated rings. The van der Waals surface area contributed by atoms with Gasteiger partial charge in [0.05, 0.1) is 0 Å². The van der Waals surface area contributed by atoms with Gasteiger partial charge in [0.1, 0.15) is 11.2 Å². The fourth-order valence-corrected chi connectivity index (χ4v) is 6.66. The highest BCUT2D eigenvalue weighted by molar-refractivity contribution is 6.08.